The number of carboxylic acid groups (broad SMARTS) is 1. The first-order valence-electron chi connectivity index (χ1n) is 5.54. The summed E-state index contributed by atoms with van der Waals surface area (Å²) >= 11 is 0. The van der Waals surface area contributed by atoms with Crippen LogP contribution in [0.3, 0.4) is 0 Å². The lowest BCUT2D eigenvalue weighted by molar-refractivity contribution is -0.138. The molecule has 0 fully saturated rings. The van der Waals surface area contributed by atoms with E-state index in [1.54, 1.807) is 20.2 Å². The monoisotopic (exact) mass is 246 g/mol. The van der Waals surface area contributed by atoms with E-state index in [-0.39, 0.29) is 0 Å². The van der Waals surface area contributed by atoms with E-state index in [4.69, 9.17) is 9.84 Å². The maximum atomic E-state index is 11.0. The largest absolute Gasteiger partial charge is 0.497 e. The third kappa shape index (κ3) is 2.20. The zero-order chi connectivity index (χ0) is 13.1. The highest BCUT2D eigenvalue weighted by atomic mass is 16.5. The van der Waals surface area contributed by atoms with Gasteiger partial charge in [0.2, 0.25) is 0 Å². The number of aliphatic carboxylic acids is 1. The van der Waals surface area contributed by atoms with Gasteiger partial charge in [-0.05, 0) is 31.2 Å². The van der Waals surface area contributed by atoms with E-state index in [0.717, 1.165) is 17.0 Å². The number of nitrogens with one attached hydrogen (secondary N) is 1. The number of rotatable bonds is 4. The van der Waals surface area contributed by atoms with Gasteiger partial charge in [0.05, 0.1) is 24.9 Å². The molecule has 0 radical (unpaired) electrons. The molecule has 5 heteroatoms. The number of carbonyl (C=O) groups is 1. The standard InChI is InChI=1S/C13H14N2O3/c1-8(13(16)17)11-7-14-15-12(11)9-3-5-10(18-2)6-4-9/h3-8H,1-2H3,(H,14,15)(H,16,17). The van der Waals surface area contributed by atoms with E-state index in [1.165, 1.54) is 0 Å². The van der Waals surface area contributed by atoms with Crippen LogP contribution in [0.15, 0.2) is 30.5 Å². The van der Waals surface area contributed by atoms with Crippen LogP contribution in [-0.4, -0.2) is 28.4 Å². The number of hydrogen-bond acceptors (Lipinski definition) is 3. The average molecular weight is 246 g/mol. The Balaban J connectivity index is 2.38. The molecular formula is C13H14N2O3. The molecule has 0 bridgehead atoms. The van der Waals surface area contributed by atoms with Crippen molar-refractivity contribution in [3.05, 3.63) is 36.0 Å². The fraction of sp³-hybridized carbons (Fsp3) is 0.231. The minimum atomic E-state index is -0.869. The van der Waals surface area contributed by atoms with E-state index in [1.807, 2.05) is 24.3 Å². The molecule has 2 N–H and O–H groups in total. The number of H-pyrrole nitrogens is 1. The molecule has 2 rings (SSSR count). The lowest BCUT2D eigenvalue weighted by Gasteiger charge is -2.07. The van der Waals surface area contributed by atoms with E-state index >= 15 is 0 Å². The fourth-order valence-electron chi connectivity index (χ4n) is 1.75. The molecule has 94 valence electrons. The molecule has 0 aliphatic carbocycles. The van der Waals surface area contributed by atoms with Crippen LogP contribution >= 0.6 is 0 Å². The number of aromatic nitrogens is 2. The van der Waals surface area contributed by atoms with Gasteiger partial charge < -0.3 is 9.84 Å². The van der Waals surface area contributed by atoms with Gasteiger partial charge >= 0.3 is 5.97 Å². The molecule has 0 aliphatic rings. The van der Waals surface area contributed by atoms with E-state index < -0.39 is 11.9 Å². The van der Waals surface area contributed by atoms with E-state index in [2.05, 4.69) is 10.2 Å². The SMILES string of the molecule is COc1ccc(-c2[nH]ncc2C(C)C(=O)O)cc1. The second-order valence-electron chi connectivity index (χ2n) is 3.99. The van der Waals surface area contributed by atoms with Gasteiger partial charge in [0, 0.05) is 11.1 Å². The van der Waals surface area contributed by atoms with E-state index in [9.17, 15) is 4.79 Å². The van der Waals surface area contributed by atoms with Crippen LogP contribution in [0.2, 0.25) is 0 Å². The van der Waals surface area contributed by atoms with Crippen molar-refractivity contribution in [1.82, 2.24) is 10.2 Å². The summed E-state index contributed by atoms with van der Waals surface area (Å²) in [5.41, 5.74) is 2.29. The van der Waals surface area contributed by atoms with Crippen LogP contribution in [0, 0.1) is 0 Å². The Hall–Kier alpha value is -2.30. The predicted octanol–water partition coefficient (Wildman–Crippen LogP) is 2.27. The maximum Gasteiger partial charge on any atom is 0.310 e. The number of nitrogens with zero attached hydrogens (tertiary/aromatic N) is 1. The molecular weight excluding hydrogens is 232 g/mol. The molecule has 1 aromatic heterocycles. The molecule has 5 nitrogen and oxygen atoms in total. The summed E-state index contributed by atoms with van der Waals surface area (Å²) in [5.74, 6) is -0.710. The van der Waals surface area contributed by atoms with Crippen molar-refractivity contribution in [2.24, 2.45) is 0 Å². The van der Waals surface area contributed by atoms with Crippen LogP contribution < -0.4 is 4.74 Å². The smallest absolute Gasteiger partial charge is 0.310 e. The molecule has 1 unspecified atom stereocenters. The Labute approximate surface area is 104 Å². The van der Waals surface area contributed by atoms with Crippen LogP contribution in [0.5, 0.6) is 5.75 Å². The summed E-state index contributed by atoms with van der Waals surface area (Å²) in [7, 11) is 1.60. The first-order valence-corrected chi connectivity index (χ1v) is 5.54. The van der Waals surface area contributed by atoms with Gasteiger partial charge in [-0.25, -0.2) is 0 Å². The van der Waals surface area contributed by atoms with Crippen LogP contribution in [-0.2, 0) is 4.79 Å². The summed E-state index contributed by atoms with van der Waals surface area (Å²) in [4.78, 5) is 11.0. The van der Waals surface area contributed by atoms with Crippen LogP contribution in [0.25, 0.3) is 11.3 Å². The summed E-state index contributed by atoms with van der Waals surface area (Å²) in [6.07, 6.45) is 1.55. The zero-order valence-electron chi connectivity index (χ0n) is 10.2. The Morgan fingerprint density at radius 2 is 2.06 bits per heavy atom. The molecule has 1 heterocycles. The maximum absolute atomic E-state index is 11.0. The second kappa shape index (κ2) is 4.91. The zero-order valence-corrected chi connectivity index (χ0v) is 10.2. The first kappa shape index (κ1) is 12.2. The molecule has 0 saturated heterocycles. The van der Waals surface area contributed by atoms with Gasteiger partial charge in [0.15, 0.2) is 0 Å². The minimum absolute atomic E-state index is 0.596. The predicted molar refractivity (Wildman–Crippen MR) is 66.6 cm³/mol. The topological polar surface area (TPSA) is 75.2 Å². The minimum Gasteiger partial charge on any atom is -0.497 e. The highest BCUT2D eigenvalue weighted by Gasteiger charge is 2.19. The molecule has 2 aromatic rings. The van der Waals surface area contributed by atoms with Crippen LogP contribution in [0.1, 0.15) is 18.4 Å². The lowest BCUT2D eigenvalue weighted by Crippen LogP contribution is -2.07. The van der Waals surface area contributed by atoms with E-state index in [0.29, 0.717) is 5.56 Å². The molecule has 18 heavy (non-hydrogen) atoms. The number of hydrogen-bond donors (Lipinski definition) is 2. The second-order valence-corrected chi connectivity index (χ2v) is 3.99. The summed E-state index contributed by atoms with van der Waals surface area (Å²) < 4.78 is 5.08. The van der Waals surface area contributed by atoms with Crippen molar-refractivity contribution in [3.63, 3.8) is 0 Å². The van der Waals surface area contributed by atoms with Gasteiger partial charge in [-0.15, -0.1) is 0 Å². The quantitative estimate of drug-likeness (QED) is 0.867. The van der Waals surface area contributed by atoms with Gasteiger partial charge in [-0.3, -0.25) is 9.89 Å². The normalized spacial score (nSPS) is 12.1. The van der Waals surface area contributed by atoms with Crippen molar-refractivity contribution in [3.8, 4) is 17.0 Å². The number of methoxy groups -OCH3 is 1. The van der Waals surface area contributed by atoms with Gasteiger partial charge in [-0.1, -0.05) is 0 Å². The van der Waals surface area contributed by atoms with Gasteiger partial charge in [-0.2, -0.15) is 5.10 Å². The Kier molecular flexibility index (Phi) is 3.32. The van der Waals surface area contributed by atoms with Crippen molar-refractivity contribution >= 4 is 5.97 Å². The highest BCUT2D eigenvalue weighted by molar-refractivity contribution is 5.79. The highest BCUT2D eigenvalue weighted by Crippen LogP contribution is 2.28. The van der Waals surface area contributed by atoms with Gasteiger partial charge in [0.25, 0.3) is 0 Å². The number of carboxylic acids is 1. The molecule has 0 saturated carbocycles. The third-order valence-electron chi connectivity index (χ3n) is 2.88. The Morgan fingerprint density at radius 1 is 1.39 bits per heavy atom. The first-order chi connectivity index (χ1) is 8.63. The number of benzene rings is 1. The number of ether oxygens (including phenoxy) is 1. The lowest BCUT2D eigenvalue weighted by atomic mass is 9.98. The van der Waals surface area contributed by atoms with Crippen molar-refractivity contribution in [2.75, 3.05) is 7.11 Å². The van der Waals surface area contributed by atoms with Crippen molar-refractivity contribution in [1.29, 1.82) is 0 Å². The fourth-order valence-corrected chi connectivity index (χ4v) is 1.75. The molecule has 1 atom stereocenters. The molecule has 1 aromatic carbocycles. The summed E-state index contributed by atoms with van der Waals surface area (Å²) in [6, 6.07) is 7.38. The average Bonchev–Trinajstić information content (AvgIpc) is 2.87. The summed E-state index contributed by atoms with van der Waals surface area (Å²) in [6.45, 7) is 1.64. The Bertz CT molecular complexity index is 546. The van der Waals surface area contributed by atoms with Crippen LogP contribution in [0.4, 0.5) is 0 Å². The van der Waals surface area contributed by atoms with Crippen molar-refractivity contribution < 1.29 is 14.6 Å². The third-order valence-corrected chi connectivity index (χ3v) is 2.88. The summed E-state index contributed by atoms with van der Waals surface area (Å²) in [5, 5.41) is 15.8. The Morgan fingerprint density at radius 3 is 2.61 bits per heavy atom. The molecule has 0 spiro atoms. The number of aromatic amines is 1. The van der Waals surface area contributed by atoms with Gasteiger partial charge in [0.1, 0.15) is 5.75 Å². The van der Waals surface area contributed by atoms with Crippen molar-refractivity contribution in [2.45, 2.75) is 12.8 Å². The molecule has 0 amide bonds. The molecule has 0 aliphatic heterocycles.